The van der Waals surface area contributed by atoms with Crippen molar-refractivity contribution in [3.63, 3.8) is 0 Å². The van der Waals surface area contributed by atoms with Gasteiger partial charge in [0.25, 0.3) is 0 Å². The molecule has 0 bridgehead atoms. The summed E-state index contributed by atoms with van der Waals surface area (Å²) in [6.45, 7) is 1.38. The number of benzene rings is 2. The molecule has 0 radical (unpaired) electrons. The number of para-hydroxylation sites is 1. The Bertz CT molecular complexity index is 1560. The van der Waals surface area contributed by atoms with E-state index in [1.807, 2.05) is 0 Å². The molecule has 0 fully saturated rings. The molecule has 37 heavy (non-hydrogen) atoms. The Morgan fingerprint density at radius 3 is 2.43 bits per heavy atom. The fourth-order valence-corrected chi connectivity index (χ4v) is 4.48. The second-order valence-electron chi connectivity index (χ2n) is 7.89. The van der Waals surface area contributed by atoms with Gasteiger partial charge < -0.3 is 10.4 Å². The highest BCUT2D eigenvalue weighted by atomic mass is 32.2. The van der Waals surface area contributed by atoms with E-state index in [2.05, 4.69) is 15.3 Å². The zero-order valence-electron chi connectivity index (χ0n) is 19.1. The minimum atomic E-state index is -4.72. The molecule has 186 valence electrons. The topological polar surface area (TPSA) is 116 Å². The summed E-state index contributed by atoms with van der Waals surface area (Å²) in [4.78, 5) is 32.7. The van der Waals surface area contributed by atoms with Gasteiger partial charge in [-0.2, -0.15) is 18.4 Å². The number of nitrogens with zero attached hydrogens (tertiary/aromatic N) is 3. The van der Waals surface area contributed by atoms with Gasteiger partial charge in [0.05, 0.1) is 33.7 Å². The largest absolute Gasteiger partial charge is 0.478 e. The van der Waals surface area contributed by atoms with E-state index in [0.29, 0.717) is 27.8 Å². The first-order valence-corrected chi connectivity index (χ1v) is 11.7. The standard InChI is InChI=1S/C26H17F3N4O3S/c1-14-10-20(26(27,28)29)19(12-30)24(31-14)37-13-23(34)32-16-8-6-15(7-9-16)22-11-18(25(35)36)17-4-2-3-5-21(17)33-22/h2-11H,13H2,1H3,(H,32,34)(H,35,36). The minimum absolute atomic E-state index is 0.0816. The van der Waals surface area contributed by atoms with Crippen molar-refractivity contribution < 1.29 is 27.9 Å². The molecule has 0 unspecified atom stereocenters. The van der Waals surface area contributed by atoms with Crippen LogP contribution in [0, 0.1) is 18.3 Å². The van der Waals surface area contributed by atoms with Crippen molar-refractivity contribution in [2.75, 3.05) is 11.1 Å². The number of aryl methyl sites for hydroxylation is 1. The third-order valence-corrected chi connectivity index (χ3v) is 6.26. The van der Waals surface area contributed by atoms with Crippen molar-refractivity contribution in [2.24, 2.45) is 0 Å². The van der Waals surface area contributed by atoms with Gasteiger partial charge in [0.1, 0.15) is 11.1 Å². The van der Waals surface area contributed by atoms with E-state index in [-0.39, 0.29) is 22.0 Å². The quantitative estimate of drug-likeness (QED) is 0.302. The molecule has 2 aromatic heterocycles. The van der Waals surface area contributed by atoms with Crippen LogP contribution < -0.4 is 5.32 Å². The summed E-state index contributed by atoms with van der Waals surface area (Å²) < 4.78 is 39.8. The van der Waals surface area contributed by atoms with Gasteiger partial charge in [0, 0.05) is 22.3 Å². The maximum absolute atomic E-state index is 13.3. The van der Waals surface area contributed by atoms with Gasteiger partial charge in [-0.3, -0.25) is 4.79 Å². The van der Waals surface area contributed by atoms with Gasteiger partial charge in [-0.1, -0.05) is 42.1 Å². The SMILES string of the molecule is Cc1cc(C(F)(F)F)c(C#N)c(SCC(=O)Nc2ccc(-c3cc(C(=O)O)c4ccccc4n3)cc2)n1. The van der Waals surface area contributed by atoms with Crippen molar-refractivity contribution in [3.05, 3.63) is 83.0 Å². The molecule has 4 aromatic rings. The number of rotatable bonds is 6. The zero-order chi connectivity index (χ0) is 26.7. The lowest BCUT2D eigenvalue weighted by atomic mass is 10.0. The maximum Gasteiger partial charge on any atom is 0.417 e. The zero-order valence-corrected chi connectivity index (χ0v) is 19.9. The van der Waals surface area contributed by atoms with Gasteiger partial charge >= 0.3 is 12.1 Å². The number of carboxylic acids is 1. The molecule has 2 heterocycles. The van der Waals surface area contributed by atoms with Crippen LogP contribution in [-0.2, 0) is 11.0 Å². The predicted octanol–water partition coefficient (Wildman–Crippen LogP) is 5.92. The molecule has 2 aromatic carbocycles. The third-order valence-electron chi connectivity index (χ3n) is 5.28. The molecule has 11 heteroatoms. The van der Waals surface area contributed by atoms with Crippen LogP contribution in [0.1, 0.15) is 27.2 Å². The molecule has 0 saturated heterocycles. The number of amides is 1. The van der Waals surface area contributed by atoms with E-state index in [1.54, 1.807) is 48.5 Å². The highest BCUT2D eigenvalue weighted by Crippen LogP contribution is 2.36. The molecule has 0 saturated carbocycles. The van der Waals surface area contributed by atoms with E-state index in [0.717, 1.165) is 17.8 Å². The van der Waals surface area contributed by atoms with Gasteiger partial charge in [-0.25, -0.2) is 14.8 Å². The lowest BCUT2D eigenvalue weighted by Gasteiger charge is -2.13. The average molecular weight is 523 g/mol. The van der Waals surface area contributed by atoms with Crippen molar-refractivity contribution >= 4 is 40.2 Å². The number of nitrogens with one attached hydrogen (secondary N) is 1. The van der Waals surface area contributed by atoms with Crippen LogP contribution in [0.3, 0.4) is 0 Å². The Morgan fingerprint density at radius 1 is 1.08 bits per heavy atom. The Kier molecular flexibility index (Phi) is 7.13. The van der Waals surface area contributed by atoms with E-state index in [9.17, 15) is 33.1 Å². The van der Waals surface area contributed by atoms with Crippen molar-refractivity contribution in [3.8, 4) is 17.3 Å². The van der Waals surface area contributed by atoms with Crippen LogP contribution in [0.2, 0.25) is 0 Å². The molecule has 0 atom stereocenters. The molecule has 0 spiro atoms. The van der Waals surface area contributed by atoms with Gasteiger partial charge in [-0.05, 0) is 37.3 Å². The monoisotopic (exact) mass is 522 g/mol. The first-order chi connectivity index (χ1) is 17.6. The Hall–Kier alpha value is -4.43. The number of carboxylic acid groups (broad SMARTS) is 1. The molecule has 0 aliphatic heterocycles. The number of carbonyl (C=O) groups is 2. The number of halogens is 3. The number of anilines is 1. The van der Waals surface area contributed by atoms with Crippen LogP contribution in [-0.4, -0.2) is 32.7 Å². The number of aromatic nitrogens is 2. The van der Waals surface area contributed by atoms with Crippen molar-refractivity contribution in [2.45, 2.75) is 18.1 Å². The Balaban J connectivity index is 1.49. The number of alkyl halides is 3. The molecule has 0 aliphatic rings. The number of nitriles is 1. The fourth-order valence-electron chi connectivity index (χ4n) is 3.64. The van der Waals surface area contributed by atoms with Crippen LogP contribution in [0.25, 0.3) is 22.2 Å². The number of thioether (sulfide) groups is 1. The first-order valence-electron chi connectivity index (χ1n) is 10.7. The lowest BCUT2D eigenvalue weighted by molar-refractivity contribution is -0.138. The van der Waals surface area contributed by atoms with Crippen molar-refractivity contribution in [1.82, 2.24) is 9.97 Å². The fraction of sp³-hybridized carbons (Fsp3) is 0.115. The molecule has 1 amide bonds. The number of fused-ring (bicyclic) bond motifs is 1. The Morgan fingerprint density at radius 2 is 1.78 bits per heavy atom. The van der Waals surface area contributed by atoms with Crippen LogP contribution >= 0.6 is 11.8 Å². The minimum Gasteiger partial charge on any atom is -0.478 e. The maximum atomic E-state index is 13.3. The summed E-state index contributed by atoms with van der Waals surface area (Å²) in [6.07, 6.45) is -4.72. The lowest BCUT2D eigenvalue weighted by Crippen LogP contribution is -2.15. The Labute approximate surface area is 213 Å². The highest BCUT2D eigenvalue weighted by Gasteiger charge is 2.35. The smallest absolute Gasteiger partial charge is 0.417 e. The predicted molar refractivity (Wildman–Crippen MR) is 132 cm³/mol. The second-order valence-corrected chi connectivity index (χ2v) is 8.86. The molecular formula is C26H17F3N4O3S. The number of hydrogen-bond donors (Lipinski definition) is 2. The highest BCUT2D eigenvalue weighted by molar-refractivity contribution is 8.00. The number of carbonyl (C=O) groups excluding carboxylic acids is 1. The summed E-state index contributed by atoms with van der Waals surface area (Å²) >= 11 is 0.738. The number of pyridine rings is 2. The van der Waals surface area contributed by atoms with Crippen molar-refractivity contribution in [1.29, 1.82) is 5.26 Å². The van der Waals surface area contributed by atoms with Gasteiger partial charge in [-0.15, -0.1) is 0 Å². The first kappa shape index (κ1) is 25.7. The molecule has 0 aliphatic carbocycles. The summed E-state index contributed by atoms with van der Waals surface area (Å²) in [5.41, 5.74) is 0.508. The molecule has 4 rings (SSSR count). The van der Waals surface area contributed by atoms with Crippen LogP contribution in [0.15, 0.2) is 65.7 Å². The van der Waals surface area contributed by atoms with E-state index >= 15 is 0 Å². The third kappa shape index (κ3) is 5.70. The van der Waals surface area contributed by atoms with Crippen LogP contribution in [0.4, 0.5) is 18.9 Å². The van der Waals surface area contributed by atoms with Crippen LogP contribution in [0.5, 0.6) is 0 Å². The van der Waals surface area contributed by atoms with Gasteiger partial charge in [0.2, 0.25) is 5.91 Å². The summed E-state index contributed by atoms with van der Waals surface area (Å²) in [5, 5.41) is 21.8. The molecule has 2 N–H and O–H groups in total. The van der Waals surface area contributed by atoms with Gasteiger partial charge in [0.15, 0.2) is 0 Å². The number of hydrogen-bond acceptors (Lipinski definition) is 6. The normalized spacial score (nSPS) is 11.2. The summed E-state index contributed by atoms with van der Waals surface area (Å²) in [5.74, 6) is -1.85. The second kappa shape index (κ2) is 10.3. The molecule has 7 nitrogen and oxygen atoms in total. The number of aromatic carboxylic acids is 1. The summed E-state index contributed by atoms with van der Waals surface area (Å²) in [6, 6.07) is 17.2. The molecular weight excluding hydrogens is 505 g/mol. The summed E-state index contributed by atoms with van der Waals surface area (Å²) in [7, 11) is 0. The average Bonchev–Trinajstić information content (AvgIpc) is 2.86. The van der Waals surface area contributed by atoms with E-state index in [1.165, 1.54) is 19.1 Å². The van der Waals surface area contributed by atoms with E-state index in [4.69, 9.17) is 0 Å². The van der Waals surface area contributed by atoms with E-state index < -0.39 is 29.2 Å².